The highest BCUT2D eigenvalue weighted by atomic mass is 32.1. The van der Waals surface area contributed by atoms with E-state index in [1.54, 1.807) is 6.92 Å². The van der Waals surface area contributed by atoms with Crippen molar-refractivity contribution >= 4 is 20.7 Å². The van der Waals surface area contributed by atoms with Crippen LogP contribution in [-0.4, -0.2) is 12.1 Å². The van der Waals surface area contributed by atoms with E-state index in [0.29, 0.717) is 0 Å². The minimum atomic E-state index is -1.52. The molecule has 0 aromatic carbocycles. The van der Waals surface area contributed by atoms with E-state index in [4.69, 9.17) is 0 Å². The topological polar surface area (TPSA) is 26.3 Å². The third-order valence-electron chi connectivity index (χ3n) is 0.485. The first-order valence-electron chi connectivity index (χ1n) is 1.87. The summed E-state index contributed by atoms with van der Waals surface area (Å²) in [5.41, 5.74) is 0. The van der Waals surface area contributed by atoms with Gasteiger partial charge in [-0.2, -0.15) is 0 Å². The first-order chi connectivity index (χ1) is 3.18. The Bertz CT molecular complexity index is 73.3. The van der Waals surface area contributed by atoms with Gasteiger partial charge < -0.3 is 0 Å². The van der Waals surface area contributed by atoms with Crippen molar-refractivity contribution in [1.29, 1.82) is 0 Å². The first kappa shape index (κ1) is 7.41. The van der Waals surface area contributed by atoms with Crippen molar-refractivity contribution in [2.75, 3.05) is 7.11 Å². The van der Waals surface area contributed by atoms with Crippen LogP contribution in [0.15, 0.2) is 0 Å². The van der Waals surface area contributed by atoms with E-state index in [2.05, 4.69) is 17.2 Å². The molecule has 0 aliphatic rings. The Labute approximate surface area is 49.5 Å². The van der Waals surface area contributed by atoms with Crippen LogP contribution in [-0.2, 0) is 9.09 Å². The molecule has 0 saturated heterocycles. The van der Waals surface area contributed by atoms with Gasteiger partial charge in [-0.15, -0.1) is 17.2 Å². The molecule has 0 amide bonds. The summed E-state index contributed by atoms with van der Waals surface area (Å²) in [5.74, 6) is 0. The number of hydrogen-bond acceptors (Lipinski definition) is 3. The summed E-state index contributed by atoms with van der Waals surface area (Å²) < 4.78 is 14.8. The SMILES string of the molecule is CO[P+](=O)C(C)S. The van der Waals surface area contributed by atoms with E-state index in [0.717, 1.165) is 0 Å². The van der Waals surface area contributed by atoms with Gasteiger partial charge in [0.05, 0.1) is 7.11 Å². The summed E-state index contributed by atoms with van der Waals surface area (Å²) in [4.78, 5) is -0.153. The molecule has 0 bridgehead atoms. The largest absolute Gasteiger partial charge is 0.521 e. The molecule has 2 atom stereocenters. The van der Waals surface area contributed by atoms with Gasteiger partial charge in [0.1, 0.15) is 0 Å². The Kier molecular flexibility index (Phi) is 3.62. The zero-order valence-electron chi connectivity index (χ0n) is 4.29. The molecule has 0 fully saturated rings. The smallest absolute Gasteiger partial charge is 0.149 e. The molecule has 0 aliphatic heterocycles. The lowest BCUT2D eigenvalue weighted by molar-refractivity contribution is 0.414. The average Bonchev–Trinajstić information content (AvgIpc) is 1.65. The molecule has 0 saturated carbocycles. The van der Waals surface area contributed by atoms with Gasteiger partial charge in [-0.1, -0.05) is 0 Å². The number of rotatable bonds is 2. The van der Waals surface area contributed by atoms with Gasteiger partial charge in [-0.05, 0) is 11.5 Å². The zero-order valence-corrected chi connectivity index (χ0v) is 6.08. The van der Waals surface area contributed by atoms with Crippen molar-refractivity contribution < 1.29 is 9.09 Å². The maximum Gasteiger partial charge on any atom is 0.521 e. The van der Waals surface area contributed by atoms with Crippen LogP contribution in [0.1, 0.15) is 6.92 Å². The van der Waals surface area contributed by atoms with Crippen molar-refractivity contribution in [2.24, 2.45) is 0 Å². The standard InChI is InChI=1S/C3H7O2PS/c1-3(7)6(4)5-2/h3H,1-2H3/p+1. The molecule has 0 aromatic rings. The highest BCUT2D eigenvalue weighted by Crippen LogP contribution is 2.29. The maximum absolute atomic E-state index is 10.4. The van der Waals surface area contributed by atoms with Crippen LogP contribution in [0.25, 0.3) is 0 Å². The second kappa shape index (κ2) is 3.42. The quantitative estimate of drug-likeness (QED) is 0.465. The molecule has 0 spiro atoms. The summed E-state index contributed by atoms with van der Waals surface area (Å²) in [6.07, 6.45) is 0. The molecule has 0 N–H and O–H groups in total. The highest BCUT2D eigenvalue weighted by Gasteiger charge is 2.20. The summed E-state index contributed by atoms with van der Waals surface area (Å²) in [7, 11) is -0.115. The minimum Gasteiger partial charge on any atom is -0.149 e. The zero-order chi connectivity index (χ0) is 5.86. The van der Waals surface area contributed by atoms with Crippen LogP contribution in [0.4, 0.5) is 0 Å². The Hall–Kier alpha value is 0.410. The molecule has 7 heavy (non-hydrogen) atoms. The molecular formula is C3H8O2PS+. The van der Waals surface area contributed by atoms with E-state index in [-0.39, 0.29) is 4.99 Å². The van der Waals surface area contributed by atoms with Gasteiger partial charge in [-0.3, -0.25) is 0 Å². The Morgan fingerprint density at radius 2 is 2.29 bits per heavy atom. The Morgan fingerprint density at radius 3 is 2.29 bits per heavy atom. The van der Waals surface area contributed by atoms with Gasteiger partial charge in [-0.25, -0.2) is 0 Å². The number of thiol groups is 1. The van der Waals surface area contributed by atoms with Crippen molar-refractivity contribution in [2.45, 2.75) is 11.9 Å². The van der Waals surface area contributed by atoms with Gasteiger partial charge in [0, 0.05) is 0 Å². The van der Waals surface area contributed by atoms with Gasteiger partial charge in [0.15, 0.2) is 0 Å². The lowest BCUT2D eigenvalue weighted by Crippen LogP contribution is -1.80. The van der Waals surface area contributed by atoms with Gasteiger partial charge in [0.25, 0.3) is 0 Å². The third kappa shape index (κ3) is 3.03. The van der Waals surface area contributed by atoms with E-state index < -0.39 is 8.03 Å². The van der Waals surface area contributed by atoms with Crippen LogP contribution < -0.4 is 0 Å². The molecule has 0 radical (unpaired) electrons. The molecule has 2 nitrogen and oxygen atoms in total. The lowest BCUT2D eigenvalue weighted by atomic mass is 11.0. The molecule has 0 rings (SSSR count). The van der Waals surface area contributed by atoms with Gasteiger partial charge >= 0.3 is 8.03 Å². The second-order valence-electron chi connectivity index (χ2n) is 1.10. The highest BCUT2D eigenvalue weighted by molar-refractivity contribution is 7.87. The monoisotopic (exact) mass is 139 g/mol. The third-order valence-corrected chi connectivity index (χ3v) is 2.02. The molecule has 2 unspecified atom stereocenters. The number of hydrogen-bond donors (Lipinski definition) is 1. The molecule has 4 heteroatoms. The van der Waals surface area contributed by atoms with Crippen molar-refractivity contribution in [3.8, 4) is 0 Å². The predicted molar refractivity (Wildman–Crippen MR) is 33.1 cm³/mol. The summed E-state index contributed by atoms with van der Waals surface area (Å²) >= 11 is 3.86. The average molecular weight is 139 g/mol. The second-order valence-corrected chi connectivity index (χ2v) is 3.99. The molecule has 0 heterocycles. The molecular weight excluding hydrogens is 131 g/mol. The lowest BCUT2D eigenvalue weighted by Gasteiger charge is -1.80. The fraction of sp³-hybridized carbons (Fsp3) is 1.00. The van der Waals surface area contributed by atoms with Crippen molar-refractivity contribution in [1.82, 2.24) is 0 Å². The molecule has 42 valence electrons. The van der Waals surface area contributed by atoms with E-state index >= 15 is 0 Å². The summed E-state index contributed by atoms with van der Waals surface area (Å²) in [6.45, 7) is 1.73. The van der Waals surface area contributed by atoms with E-state index in [1.165, 1.54) is 7.11 Å². The van der Waals surface area contributed by atoms with Crippen LogP contribution in [0, 0.1) is 0 Å². The van der Waals surface area contributed by atoms with Crippen LogP contribution in [0.2, 0.25) is 0 Å². The normalized spacial score (nSPS) is 16.1. The predicted octanol–water partition coefficient (Wildman–Crippen LogP) is 1.65. The summed E-state index contributed by atoms with van der Waals surface area (Å²) in [5, 5.41) is 0. The molecule has 0 aliphatic carbocycles. The fourth-order valence-electron chi connectivity index (χ4n) is 0.153. The molecule has 0 aromatic heterocycles. The minimum absolute atomic E-state index is 0.153. The van der Waals surface area contributed by atoms with Crippen LogP contribution >= 0.6 is 20.7 Å². The van der Waals surface area contributed by atoms with Crippen LogP contribution in [0.3, 0.4) is 0 Å². The maximum atomic E-state index is 10.4. The van der Waals surface area contributed by atoms with Crippen LogP contribution in [0.5, 0.6) is 0 Å². The van der Waals surface area contributed by atoms with E-state index in [9.17, 15) is 4.57 Å². The van der Waals surface area contributed by atoms with Gasteiger partial charge in [0.2, 0.25) is 4.99 Å². The van der Waals surface area contributed by atoms with E-state index in [1.807, 2.05) is 0 Å². The Balaban J connectivity index is 3.35. The van der Waals surface area contributed by atoms with Crippen molar-refractivity contribution in [3.63, 3.8) is 0 Å². The van der Waals surface area contributed by atoms with Crippen molar-refractivity contribution in [3.05, 3.63) is 0 Å². The Morgan fingerprint density at radius 1 is 1.86 bits per heavy atom. The fourth-order valence-corrected chi connectivity index (χ4v) is 0.740. The summed E-state index contributed by atoms with van der Waals surface area (Å²) in [6, 6.07) is 0. The first-order valence-corrected chi connectivity index (χ1v) is 3.63.